The highest BCUT2D eigenvalue weighted by molar-refractivity contribution is 6.31. The highest BCUT2D eigenvalue weighted by Crippen LogP contribution is 2.30. The van der Waals surface area contributed by atoms with Gasteiger partial charge < -0.3 is 5.73 Å². The molecule has 124 valence electrons. The van der Waals surface area contributed by atoms with E-state index in [0.29, 0.717) is 41.6 Å². The molecule has 3 rings (SSSR count). The fourth-order valence-electron chi connectivity index (χ4n) is 2.82. The number of primary amides is 1. The second kappa shape index (κ2) is 6.49. The number of aromatic nitrogens is 1. The molecule has 0 radical (unpaired) electrons. The van der Waals surface area contributed by atoms with E-state index >= 15 is 0 Å². The molecule has 2 aromatic rings. The molecule has 0 saturated carbocycles. The molecule has 1 aromatic heterocycles. The largest absolute Gasteiger partial charge is 0.366 e. The van der Waals surface area contributed by atoms with Gasteiger partial charge in [-0.2, -0.15) is 0 Å². The van der Waals surface area contributed by atoms with Gasteiger partial charge in [0.05, 0.1) is 0 Å². The van der Waals surface area contributed by atoms with Crippen LogP contribution in [0.15, 0.2) is 36.5 Å². The van der Waals surface area contributed by atoms with Crippen molar-refractivity contribution in [3.8, 4) is 0 Å². The molecule has 0 aliphatic carbocycles. The number of carbonyl (C=O) groups excluding carboxylic acids is 2. The van der Waals surface area contributed by atoms with E-state index in [-0.39, 0.29) is 6.03 Å². The van der Waals surface area contributed by atoms with Gasteiger partial charge in [-0.1, -0.05) is 24.6 Å². The molecule has 0 bridgehead atoms. The summed E-state index contributed by atoms with van der Waals surface area (Å²) in [6.45, 7) is 2.97. The standard InChI is InChI=1S/C17H17ClN4O2/c1-2-13-14(18)6-7-20-16(13)22-9-8-21(17(22)24)12-5-3-4-11(10-12)15(19)23/h3-7,10H,2,8-9H2,1H3,(H2,19,23). The van der Waals surface area contributed by atoms with Crippen molar-refractivity contribution in [1.82, 2.24) is 4.98 Å². The molecule has 1 aromatic carbocycles. The molecule has 1 aliphatic heterocycles. The van der Waals surface area contributed by atoms with Crippen molar-refractivity contribution >= 4 is 35.0 Å². The quantitative estimate of drug-likeness (QED) is 0.926. The average Bonchev–Trinajstić information content (AvgIpc) is 2.96. The van der Waals surface area contributed by atoms with Crippen LogP contribution in [-0.2, 0) is 6.42 Å². The summed E-state index contributed by atoms with van der Waals surface area (Å²) in [5.41, 5.74) is 7.17. The van der Waals surface area contributed by atoms with Crippen molar-refractivity contribution in [3.63, 3.8) is 0 Å². The molecule has 1 aliphatic rings. The Morgan fingerprint density at radius 3 is 2.75 bits per heavy atom. The third-order valence-electron chi connectivity index (χ3n) is 4.04. The molecule has 3 amide bonds. The van der Waals surface area contributed by atoms with Crippen molar-refractivity contribution in [1.29, 1.82) is 0 Å². The summed E-state index contributed by atoms with van der Waals surface area (Å²) < 4.78 is 0. The lowest BCUT2D eigenvalue weighted by Gasteiger charge is -2.20. The van der Waals surface area contributed by atoms with Crippen LogP contribution in [-0.4, -0.2) is 30.0 Å². The minimum Gasteiger partial charge on any atom is -0.366 e. The van der Waals surface area contributed by atoms with Crippen molar-refractivity contribution in [3.05, 3.63) is 52.7 Å². The van der Waals surface area contributed by atoms with Crippen LogP contribution < -0.4 is 15.5 Å². The number of benzene rings is 1. The van der Waals surface area contributed by atoms with Crippen LogP contribution in [0.25, 0.3) is 0 Å². The summed E-state index contributed by atoms with van der Waals surface area (Å²) in [6, 6.07) is 8.26. The zero-order chi connectivity index (χ0) is 17.3. The third-order valence-corrected chi connectivity index (χ3v) is 4.39. The molecular formula is C17H17ClN4O2. The van der Waals surface area contributed by atoms with Crippen molar-refractivity contribution in [2.45, 2.75) is 13.3 Å². The maximum Gasteiger partial charge on any atom is 0.330 e. The molecule has 1 saturated heterocycles. The van der Waals surface area contributed by atoms with Crippen LogP contribution in [0.3, 0.4) is 0 Å². The number of nitrogens with two attached hydrogens (primary N) is 1. The number of pyridine rings is 1. The topological polar surface area (TPSA) is 79.5 Å². The van der Waals surface area contributed by atoms with E-state index in [1.54, 1.807) is 46.3 Å². The van der Waals surface area contributed by atoms with Gasteiger partial charge in [-0.25, -0.2) is 9.78 Å². The van der Waals surface area contributed by atoms with Gasteiger partial charge in [-0.15, -0.1) is 0 Å². The maximum absolute atomic E-state index is 12.8. The number of hydrogen-bond donors (Lipinski definition) is 1. The Hall–Kier alpha value is -2.60. The molecule has 6 nitrogen and oxygen atoms in total. The molecule has 7 heteroatoms. The minimum atomic E-state index is -0.523. The monoisotopic (exact) mass is 344 g/mol. The summed E-state index contributed by atoms with van der Waals surface area (Å²) in [5.74, 6) is 0.0636. The van der Waals surface area contributed by atoms with E-state index < -0.39 is 5.91 Å². The number of anilines is 2. The van der Waals surface area contributed by atoms with Gasteiger partial charge >= 0.3 is 6.03 Å². The lowest BCUT2D eigenvalue weighted by Crippen LogP contribution is -2.33. The summed E-state index contributed by atoms with van der Waals surface area (Å²) >= 11 is 6.22. The Morgan fingerprint density at radius 1 is 1.29 bits per heavy atom. The smallest absolute Gasteiger partial charge is 0.330 e. The molecule has 1 fully saturated rings. The van der Waals surface area contributed by atoms with Crippen LogP contribution in [0.1, 0.15) is 22.8 Å². The molecule has 0 spiro atoms. The summed E-state index contributed by atoms with van der Waals surface area (Å²) in [4.78, 5) is 31.7. The molecule has 2 heterocycles. The van der Waals surface area contributed by atoms with Gasteiger partial charge in [0.2, 0.25) is 5.91 Å². The Labute approximate surface area is 144 Å². The Balaban J connectivity index is 1.92. The number of urea groups is 1. The van der Waals surface area contributed by atoms with Crippen molar-refractivity contribution in [2.24, 2.45) is 5.73 Å². The zero-order valence-electron chi connectivity index (χ0n) is 13.2. The Bertz CT molecular complexity index is 809. The highest BCUT2D eigenvalue weighted by atomic mass is 35.5. The van der Waals surface area contributed by atoms with Gasteiger partial charge in [-0.05, 0) is 30.7 Å². The second-order valence-electron chi connectivity index (χ2n) is 5.45. The van der Waals surface area contributed by atoms with E-state index in [9.17, 15) is 9.59 Å². The normalized spacial score (nSPS) is 14.3. The number of nitrogens with zero attached hydrogens (tertiary/aromatic N) is 3. The number of carbonyl (C=O) groups is 2. The van der Waals surface area contributed by atoms with Crippen LogP contribution in [0.4, 0.5) is 16.3 Å². The van der Waals surface area contributed by atoms with Crippen LogP contribution in [0.2, 0.25) is 5.02 Å². The first-order chi connectivity index (χ1) is 11.5. The summed E-state index contributed by atoms with van der Waals surface area (Å²) in [7, 11) is 0. The average molecular weight is 345 g/mol. The van der Waals surface area contributed by atoms with E-state index in [1.165, 1.54) is 0 Å². The fraction of sp³-hybridized carbons (Fsp3) is 0.235. The molecule has 0 atom stereocenters. The predicted molar refractivity (Wildman–Crippen MR) is 93.7 cm³/mol. The Kier molecular flexibility index (Phi) is 4.40. The summed E-state index contributed by atoms with van der Waals surface area (Å²) in [5, 5.41) is 0.601. The van der Waals surface area contributed by atoms with Gasteiger partial charge in [0, 0.05) is 41.1 Å². The zero-order valence-corrected chi connectivity index (χ0v) is 14.0. The number of halogens is 1. The number of amides is 3. The molecule has 0 unspecified atom stereocenters. The molecule has 24 heavy (non-hydrogen) atoms. The van der Waals surface area contributed by atoms with Gasteiger partial charge in [0.25, 0.3) is 0 Å². The van der Waals surface area contributed by atoms with Crippen molar-refractivity contribution < 1.29 is 9.59 Å². The lowest BCUT2D eigenvalue weighted by molar-refractivity contribution is 0.1000. The lowest BCUT2D eigenvalue weighted by atomic mass is 10.2. The second-order valence-corrected chi connectivity index (χ2v) is 5.86. The number of hydrogen-bond acceptors (Lipinski definition) is 3. The highest BCUT2D eigenvalue weighted by Gasteiger charge is 2.33. The number of rotatable bonds is 4. The van der Waals surface area contributed by atoms with Crippen molar-refractivity contribution in [2.75, 3.05) is 22.9 Å². The first-order valence-electron chi connectivity index (χ1n) is 7.65. The van der Waals surface area contributed by atoms with Crippen LogP contribution in [0, 0.1) is 0 Å². The predicted octanol–water partition coefficient (Wildman–Crippen LogP) is 2.84. The van der Waals surface area contributed by atoms with Gasteiger partial charge in [0.1, 0.15) is 5.82 Å². The van der Waals surface area contributed by atoms with Gasteiger partial charge in [0.15, 0.2) is 0 Å². The van der Waals surface area contributed by atoms with Gasteiger partial charge in [-0.3, -0.25) is 14.6 Å². The first kappa shape index (κ1) is 16.3. The van der Waals surface area contributed by atoms with Crippen LogP contribution >= 0.6 is 11.6 Å². The van der Waals surface area contributed by atoms with E-state index in [4.69, 9.17) is 17.3 Å². The summed E-state index contributed by atoms with van der Waals surface area (Å²) in [6.07, 6.45) is 2.28. The first-order valence-corrected chi connectivity index (χ1v) is 8.03. The molecular weight excluding hydrogens is 328 g/mol. The fourth-order valence-corrected chi connectivity index (χ4v) is 3.09. The maximum atomic E-state index is 12.8. The SMILES string of the molecule is CCc1c(Cl)ccnc1N1CCN(c2cccc(C(N)=O)c2)C1=O. The van der Waals surface area contributed by atoms with E-state index in [1.807, 2.05) is 6.92 Å². The minimum absolute atomic E-state index is 0.193. The third kappa shape index (κ3) is 2.80. The Morgan fingerprint density at radius 2 is 2.04 bits per heavy atom. The molecule has 2 N–H and O–H groups in total. The van der Waals surface area contributed by atoms with E-state index in [2.05, 4.69) is 4.98 Å². The van der Waals surface area contributed by atoms with Crippen LogP contribution in [0.5, 0.6) is 0 Å². The van der Waals surface area contributed by atoms with E-state index in [0.717, 1.165) is 5.56 Å².